The first-order valence-electron chi connectivity index (χ1n) is 2.90. The summed E-state index contributed by atoms with van der Waals surface area (Å²) < 4.78 is 93.0. The Kier molecular flexibility index (Phi) is 3.03. The fourth-order valence-corrected chi connectivity index (χ4v) is 1.28. The predicted octanol–water partition coefficient (Wildman–Crippen LogP) is 3.02. The van der Waals surface area contributed by atoms with Gasteiger partial charge in [0.2, 0.25) is 0 Å². The van der Waals surface area contributed by atoms with Crippen LogP contribution in [0.1, 0.15) is 6.92 Å². The molecule has 0 rings (SSSR count). The summed E-state index contributed by atoms with van der Waals surface area (Å²) in [7, 11) is -7.28. The molecule has 10 heteroatoms. The smallest absolute Gasteiger partial charge is 0.334 e. The van der Waals surface area contributed by atoms with E-state index < -0.39 is 31.8 Å². The minimum absolute atomic E-state index is 0.568. The Morgan fingerprint density at radius 1 is 1.00 bits per heavy atom. The van der Waals surface area contributed by atoms with E-state index >= 15 is 0 Å². The average Bonchev–Trinajstić information content (AvgIpc) is 1.81. The Labute approximate surface area is 73.2 Å². The zero-order valence-corrected chi connectivity index (χ0v) is 7.34. The Hall–Kier alpha value is -0.300. The summed E-state index contributed by atoms with van der Waals surface area (Å²) in [4.78, 5) is 7.91. The summed E-state index contributed by atoms with van der Waals surface area (Å²) in [5, 5.41) is 0. The Balaban J connectivity index is 5.43. The lowest BCUT2D eigenvalue weighted by Gasteiger charge is -2.28. The molecule has 0 spiro atoms. The molecule has 14 heavy (non-hydrogen) atoms. The van der Waals surface area contributed by atoms with E-state index in [4.69, 9.17) is 4.89 Å². The highest BCUT2D eigenvalue weighted by Crippen LogP contribution is 2.71. The molecule has 0 fully saturated rings. The molecular formula is C4H4F7O2P. The third kappa shape index (κ3) is 1.88. The van der Waals surface area contributed by atoms with Crippen LogP contribution in [0.2, 0.25) is 0 Å². The molecule has 0 radical (unpaired) electrons. The van der Waals surface area contributed by atoms with Crippen LogP contribution in [0.3, 0.4) is 0 Å². The molecule has 1 unspecified atom stereocenters. The van der Waals surface area contributed by atoms with E-state index in [9.17, 15) is 35.3 Å². The van der Waals surface area contributed by atoms with Crippen LogP contribution in [0.15, 0.2) is 0 Å². The average molecular weight is 248 g/mol. The highest BCUT2D eigenvalue weighted by Gasteiger charge is 2.75. The molecule has 1 N–H and O–H groups in total. The van der Waals surface area contributed by atoms with Crippen molar-refractivity contribution in [3.63, 3.8) is 0 Å². The molecule has 0 aliphatic carbocycles. The van der Waals surface area contributed by atoms with E-state index in [1.807, 2.05) is 0 Å². The van der Waals surface area contributed by atoms with Gasteiger partial charge in [-0.2, -0.15) is 30.7 Å². The Morgan fingerprint density at radius 3 is 1.36 bits per heavy atom. The van der Waals surface area contributed by atoms with Gasteiger partial charge < -0.3 is 4.89 Å². The van der Waals surface area contributed by atoms with E-state index in [0.29, 0.717) is 0 Å². The topological polar surface area (TPSA) is 37.3 Å². The van der Waals surface area contributed by atoms with Crippen molar-refractivity contribution in [2.24, 2.45) is 0 Å². The summed E-state index contributed by atoms with van der Waals surface area (Å²) in [5.41, 5.74) is -6.03. The standard InChI is InChI=1S/C4H4F7O2P/c1-2(5,6)3(7,8)14(12,13)4(9,10)11/h1H3,(H,12,13). The van der Waals surface area contributed by atoms with Crippen molar-refractivity contribution in [1.29, 1.82) is 0 Å². The van der Waals surface area contributed by atoms with Gasteiger partial charge >= 0.3 is 24.9 Å². The van der Waals surface area contributed by atoms with E-state index in [1.54, 1.807) is 0 Å². The van der Waals surface area contributed by atoms with Crippen LogP contribution in [0, 0.1) is 0 Å². The summed E-state index contributed by atoms with van der Waals surface area (Å²) in [6.07, 6.45) is 0. The summed E-state index contributed by atoms with van der Waals surface area (Å²) in [6.45, 7) is -0.568. The number of rotatable bonds is 2. The molecule has 0 amide bonds. The van der Waals surface area contributed by atoms with Crippen molar-refractivity contribution in [2.75, 3.05) is 0 Å². The molecule has 0 aromatic heterocycles. The van der Waals surface area contributed by atoms with Crippen LogP contribution >= 0.6 is 7.37 Å². The van der Waals surface area contributed by atoms with Crippen molar-refractivity contribution in [1.82, 2.24) is 0 Å². The second-order valence-electron chi connectivity index (χ2n) is 2.47. The first-order chi connectivity index (χ1) is 5.75. The van der Waals surface area contributed by atoms with Crippen LogP contribution in [0.25, 0.3) is 0 Å². The fourth-order valence-electron chi connectivity index (χ4n) is 0.425. The zero-order chi connectivity index (χ0) is 12.0. The number of halogens is 7. The van der Waals surface area contributed by atoms with E-state index in [1.165, 1.54) is 0 Å². The zero-order valence-electron chi connectivity index (χ0n) is 6.45. The number of alkyl halides is 7. The second-order valence-corrected chi connectivity index (χ2v) is 4.69. The molecule has 86 valence electrons. The summed E-state index contributed by atoms with van der Waals surface area (Å²) in [5.74, 6) is -11.5. The van der Waals surface area contributed by atoms with Gasteiger partial charge in [-0.15, -0.1) is 0 Å². The Bertz CT molecular complexity index is 264. The molecule has 0 bridgehead atoms. The van der Waals surface area contributed by atoms with Crippen molar-refractivity contribution in [3.8, 4) is 0 Å². The van der Waals surface area contributed by atoms with Gasteiger partial charge in [-0.3, -0.25) is 4.57 Å². The van der Waals surface area contributed by atoms with Crippen molar-refractivity contribution < 1.29 is 40.2 Å². The van der Waals surface area contributed by atoms with Crippen LogP contribution in [-0.2, 0) is 4.57 Å². The first-order valence-corrected chi connectivity index (χ1v) is 4.56. The van der Waals surface area contributed by atoms with Crippen LogP contribution in [-0.4, -0.2) is 22.4 Å². The maximum Gasteiger partial charge on any atom is 0.471 e. The van der Waals surface area contributed by atoms with Gasteiger partial charge in [-0.05, 0) is 0 Å². The third-order valence-corrected chi connectivity index (χ3v) is 3.09. The lowest BCUT2D eigenvalue weighted by Crippen LogP contribution is -2.41. The summed E-state index contributed by atoms with van der Waals surface area (Å²) in [6, 6.07) is 0. The van der Waals surface area contributed by atoms with Gasteiger partial charge in [0.15, 0.2) is 0 Å². The van der Waals surface area contributed by atoms with Gasteiger partial charge in [-0.1, -0.05) is 0 Å². The van der Waals surface area contributed by atoms with Gasteiger partial charge in [0.1, 0.15) is 0 Å². The minimum atomic E-state index is -7.28. The Morgan fingerprint density at radius 2 is 1.29 bits per heavy atom. The van der Waals surface area contributed by atoms with Gasteiger partial charge in [-0.25, -0.2) is 0 Å². The van der Waals surface area contributed by atoms with Gasteiger partial charge in [0, 0.05) is 6.92 Å². The maximum absolute atomic E-state index is 12.2. The molecule has 0 aromatic carbocycles. The molecule has 0 aliphatic heterocycles. The number of hydrogen-bond donors (Lipinski definition) is 1. The highest BCUT2D eigenvalue weighted by molar-refractivity contribution is 7.60. The van der Waals surface area contributed by atoms with Crippen molar-refractivity contribution in [3.05, 3.63) is 0 Å². The van der Waals surface area contributed by atoms with Crippen molar-refractivity contribution >= 4 is 7.37 Å². The third-order valence-electron chi connectivity index (χ3n) is 1.25. The lowest BCUT2D eigenvalue weighted by atomic mass is 10.4. The predicted molar refractivity (Wildman–Crippen MR) is 31.4 cm³/mol. The molecular weight excluding hydrogens is 244 g/mol. The molecule has 0 saturated heterocycles. The van der Waals surface area contributed by atoms with Crippen LogP contribution in [0.5, 0.6) is 0 Å². The summed E-state index contributed by atoms with van der Waals surface area (Å²) >= 11 is 0. The van der Waals surface area contributed by atoms with Crippen LogP contribution in [0.4, 0.5) is 30.7 Å². The van der Waals surface area contributed by atoms with Gasteiger partial charge in [0.25, 0.3) is 0 Å². The lowest BCUT2D eigenvalue weighted by molar-refractivity contribution is -0.164. The van der Waals surface area contributed by atoms with Crippen molar-refractivity contribution in [2.45, 2.75) is 24.4 Å². The van der Waals surface area contributed by atoms with E-state index in [-0.39, 0.29) is 0 Å². The highest BCUT2D eigenvalue weighted by atomic mass is 31.2. The molecule has 0 aromatic rings. The van der Waals surface area contributed by atoms with E-state index in [0.717, 1.165) is 0 Å². The second kappa shape index (κ2) is 3.10. The monoisotopic (exact) mass is 248 g/mol. The minimum Gasteiger partial charge on any atom is -0.334 e. The first kappa shape index (κ1) is 13.7. The molecule has 2 nitrogen and oxygen atoms in total. The molecule has 0 saturated carbocycles. The number of hydrogen-bond acceptors (Lipinski definition) is 1. The van der Waals surface area contributed by atoms with Crippen LogP contribution < -0.4 is 0 Å². The maximum atomic E-state index is 12.2. The SMILES string of the molecule is CC(F)(F)C(F)(F)P(=O)(O)C(F)(F)F. The molecule has 1 atom stereocenters. The largest absolute Gasteiger partial charge is 0.471 e. The fraction of sp³-hybridized carbons (Fsp3) is 1.00. The van der Waals surface area contributed by atoms with Gasteiger partial charge in [0.05, 0.1) is 0 Å². The normalized spacial score (nSPS) is 19.2. The van der Waals surface area contributed by atoms with E-state index in [2.05, 4.69) is 0 Å². The molecule has 0 heterocycles. The quantitative estimate of drug-likeness (QED) is 0.602. The molecule has 0 aliphatic rings.